The molecule has 1 aromatic heterocycles. The van der Waals surface area contributed by atoms with Crippen LogP contribution in [0.3, 0.4) is 0 Å². The molecule has 0 aliphatic carbocycles. The van der Waals surface area contributed by atoms with Crippen LogP contribution in [0.25, 0.3) is 0 Å². The summed E-state index contributed by atoms with van der Waals surface area (Å²) in [5, 5.41) is 19.5. The molecule has 0 bridgehead atoms. The summed E-state index contributed by atoms with van der Waals surface area (Å²) in [5.74, 6) is 0.460. The van der Waals surface area contributed by atoms with Gasteiger partial charge in [-0.25, -0.2) is 9.97 Å². The molecule has 1 heterocycles. The van der Waals surface area contributed by atoms with E-state index in [0.717, 1.165) is 11.8 Å². The Morgan fingerprint density at radius 2 is 2.06 bits per heavy atom. The van der Waals surface area contributed by atoms with Gasteiger partial charge in [-0.05, 0) is 18.0 Å². The molecule has 2 N–H and O–H groups in total. The minimum absolute atomic E-state index is 0.0125. The van der Waals surface area contributed by atoms with Crippen molar-refractivity contribution < 1.29 is 15.0 Å². The van der Waals surface area contributed by atoms with Crippen molar-refractivity contribution in [3.8, 4) is 0 Å². The number of thioether (sulfide) groups is 1. The molecule has 2 unspecified atom stereocenters. The number of halogens is 1. The zero-order chi connectivity index (χ0) is 12.8. The van der Waals surface area contributed by atoms with Crippen LogP contribution >= 0.6 is 23.4 Å². The number of aromatic nitrogens is 2. The molecule has 0 aliphatic heterocycles. The van der Waals surface area contributed by atoms with Gasteiger partial charge in [-0.15, -0.1) is 0 Å². The lowest BCUT2D eigenvalue weighted by atomic mass is 10.1. The third-order valence-electron chi connectivity index (χ3n) is 2.07. The van der Waals surface area contributed by atoms with Gasteiger partial charge >= 0.3 is 0 Å². The van der Waals surface area contributed by atoms with E-state index in [2.05, 4.69) is 9.97 Å². The van der Waals surface area contributed by atoms with Gasteiger partial charge in [-0.1, -0.05) is 11.8 Å². The van der Waals surface area contributed by atoms with Crippen molar-refractivity contribution in [3.05, 3.63) is 23.2 Å². The Kier molecular flexibility index (Phi) is 5.84. The molecule has 17 heavy (non-hydrogen) atoms. The van der Waals surface area contributed by atoms with Gasteiger partial charge in [0.2, 0.25) is 5.28 Å². The van der Waals surface area contributed by atoms with Crippen molar-refractivity contribution in [2.75, 3.05) is 5.75 Å². The molecule has 0 saturated heterocycles. The van der Waals surface area contributed by atoms with Crippen LogP contribution < -0.4 is 0 Å². The maximum atomic E-state index is 10.7. The Hall–Kier alpha value is -0.690. The van der Waals surface area contributed by atoms with Gasteiger partial charge in [-0.2, -0.15) is 0 Å². The number of hydrogen-bond donors (Lipinski definition) is 2. The van der Waals surface area contributed by atoms with E-state index < -0.39 is 12.2 Å². The fraction of sp³-hybridized carbons (Fsp3) is 0.500. The van der Waals surface area contributed by atoms with Crippen LogP contribution in [0.2, 0.25) is 5.28 Å². The summed E-state index contributed by atoms with van der Waals surface area (Å²) in [4.78, 5) is 18.1. The largest absolute Gasteiger partial charge is 0.390 e. The summed E-state index contributed by atoms with van der Waals surface area (Å²) in [6.07, 6.45) is 1.02. The van der Waals surface area contributed by atoms with Crippen LogP contribution in [0, 0.1) is 0 Å². The number of hydrogen-bond acceptors (Lipinski definition) is 6. The molecule has 1 aromatic rings. The zero-order valence-electron chi connectivity index (χ0n) is 9.21. The molecule has 0 aliphatic rings. The molecule has 0 radical (unpaired) electrons. The maximum Gasteiger partial charge on any atom is 0.222 e. The summed E-state index contributed by atoms with van der Waals surface area (Å²) in [6, 6.07) is 0. The topological polar surface area (TPSA) is 83.3 Å². The van der Waals surface area contributed by atoms with E-state index in [4.69, 9.17) is 11.6 Å². The first-order valence-electron chi connectivity index (χ1n) is 4.97. The van der Waals surface area contributed by atoms with Crippen LogP contribution in [0.15, 0.2) is 12.4 Å². The normalized spacial score (nSPS) is 14.4. The van der Waals surface area contributed by atoms with Crippen LogP contribution in [-0.4, -0.2) is 37.2 Å². The van der Waals surface area contributed by atoms with Gasteiger partial charge in [0, 0.05) is 30.6 Å². The van der Waals surface area contributed by atoms with E-state index >= 15 is 0 Å². The molecule has 2 atom stereocenters. The van der Waals surface area contributed by atoms with Crippen molar-refractivity contribution in [2.45, 2.75) is 25.6 Å². The van der Waals surface area contributed by atoms with E-state index in [0.29, 0.717) is 17.7 Å². The average molecular weight is 277 g/mol. The summed E-state index contributed by atoms with van der Waals surface area (Å²) < 4.78 is 0. The predicted molar refractivity (Wildman–Crippen MR) is 65.8 cm³/mol. The first-order valence-corrected chi connectivity index (χ1v) is 6.34. The van der Waals surface area contributed by atoms with E-state index in [9.17, 15) is 15.0 Å². The molecular formula is C10H13ClN2O3S. The monoisotopic (exact) mass is 276 g/mol. The Morgan fingerprint density at radius 1 is 1.47 bits per heavy atom. The number of aliphatic hydroxyl groups excluding tert-OH is 2. The van der Waals surface area contributed by atoms with Gasteiger partial charge in [-0.3, -0.25) is 4.79 Å². The van der Waals surface area contributed by atoms with Gasteiger partial charge in [0.05, 0.1) is 6.10 Å². The predicted octanol–water partition coefficient (Wildman–Crippen LogP) is 1.19. The summed E-state index contributed by atoms with van der Waals surface area (Å²) in [7, 11) is 0. The third kappa shape index (κ3) is 4.99. The lowest BCUT2D eigenvalue weighted by Crippen LogP contribution is -2.19. The molecule has 5 nitrogen and oxygen atoms in total. The number of rotatable bonds is 5. The molecule has 0 amide bonds. The first kappa shape index (κ1) is 14.4. The summed E-state index contributed by atoms with van der Waals surface area (Å²) in [5.41, 5.74) is 0.398. The Morgan fingerprint density at radius 3 is 2.59 bits per heavy atom. The smallest absolute Gasteiger partial charge is 0.222 e. The van der Waals surface area contributed by atoms with Gasteiger partial charge in [0.15, 0.2) is 5.12 Å². The van der Waals surface area contributed by atoms with Crippen molar-refractivity contribution in [3.63, 3.8) is 0 Å². The SMILES string of the molecule is CC(=O)SCCC(O)C(O)c1cnc(Cl)nc1. The zero-order valence-corrected chi connectivity index (χ0v) is 10.8. The van der Waals surface area contributed by atoms with Gasteiger partial charge in [0.1, 0.15) is 6.10 Å². The van der Waals surface area contributed by atoms with E-state index in [1.807, 2.05) is 0 Å². The average Bonchev–Trinajstić information content (AvgIpc) is 2.28. The first-order chi connectivity index (χ1) is 8.00. The summed E-state index contributed by atoms with van der Waals surface area (Å²) >= 11 is 6.62. The fourth-order valence-electron chi connectivity index (χ4n) is 1.18. The minimum atomic E-state index is -1.07. The van der Waals surface area contributed by atoms with Crippen molar-refractivity contribution in [1.29, 1.82) is 0 Å². The second-order valence-electron chi connectivity index (χ2n) is 3.43. The number of carbonyl (C=O) groups is 1. The van der Waals surface area contributed by atoms with Crippen molar-refractivity contribution in [1.82, 2.24) is 9.97 Å². The molecule has 7 heteroatoms. The quantitative estimate of drug-likeness (QED) is 0.786. The molecule has 0 saturated carbocycles. The molecule has 0 fully saturated rings. The lowest BCUT2D eigenvalue weighted by molar-refractivity contribution is -0.109. The molecule has 94 valence electrons. The van der Waals surface area contributed by atoms with Gasteiger partial charge in [0.25, 0.3) is 0 Å². The Balaban J connectivity index is 2.48. The number of carbonyl (C=O) groups excluding carboxylic acids is 1. The third-order valence-corrected chi connectivity index (χ3v) is 3.11. The maximum absolute atomic E-state index is 10.7. The van der Waals surface area contributed by atoms with Gasteiger partial charge < -0.3 is 10.2 Å². The highest BCUT2D eigenvalue weighted by molar-refractivity contribution is 8.13. The Bertz CT molecular complexity index is 374. The van der Waals surface area contributed by atoms with Crippen LogP contribution in [0.4, 0.5) is 0 Å². The standard InChI is InChI=1S/C10H13ClN2O3S/c1-6(14)17-3-2-8(15)9(16)7-4-12-10(11)13-5-7/h4-5,8-9,15-16H,2-3H2,1H3. The second kappa shape index (κ2) is 6.90. The highest BCUT2D eigenvalue weighted by Crippen LogP contribution is 2.19. The highest BCUT2D eigenvalue weighted by atomic mass is 35.5. The molecular weight excluding hydrogens is 264 g/mol. The molecule has 1 rings (SSSR count). The minimum Gasteiger partial charge on any atom is -0.390 e. The van der Waals surface area contributed by atoms with E-state index in [1.54, 1.807) is 0 Å². The second-order valence-corrected chi connectivity index (χ2v) is 5.04. The van der Waals surface area contributed by atoms with E-state index in [-0.39, 0.29) is 10.4 Å². The highest BCUT2D eigenvalue weighted by Gasteiger charge is 2.19. The summed E-state index contributed by atoms with van der Waals surface area (Å²) in [6.45, 7) is 1.46. The van der Waals surface area contributed by atoms with Crippen LogP contribution in [0.5, 0.6) is 0 Å². The number of aliphatic hydroxyl groups is 2. The van der Waals surface area contributed by atoms with Crippen LogP contribution in [0.1, 0.15) is 25.0 Å². The van der Waals surface area contributed by atoms with E-state index in [1.165, 1.54) is 19.3 Å². The fourth-order valence-corrected chi connectivity index (χ4v) is 1.92. The van der Waals surface area contributed by atoms with Crippen molar-refractivity contribution >= 4 is 28.5 Å². The lowest BCUT2D eigenvalue weighted by Gasteiger charge is -2.16. The number of nitrogens with zero attached hydrogens (tertiary/aromatic N) is 2. The van der Waals surface area contributed by atoms with Crippen LogP contribution in [-0.2, 0) is 4.79 Å². The molecule has 0 aromatic carbocycles. The Labute approximate surface area is 108 Å². The van der Waals surface area contributed by atoms with Crippen molar-refractivity contribution in [2.24, 2.45) is 0 Å². The molecule has 0 spiro atoms.